The minimum Gasteiger partial charge on any atom is -0.343 e. The molecule has 1 amide bonds. The number of amides is 1. The van der Waals surface area contributed by atoms with Gasteiger partial charge in [-0.3, -0.25) is 4.79 Å². The summed E-state index contributed by atoms with van der Waals surface area (Å²) in [5.74, 6) is 0.209. The largest absolute Gasteiger partial charge is 0.343 e. The lowest BCUT2D eigenvalue weighted by Gasteiger charge is -2.26. The maximum atomic E-state index is 11.2. The van der Waals surface area contributed by atoms with Crippen molar-refractivity contribution in [2.24, 2.45) is 5.73 Å². The normalized spacial score (nSPS) is 18.5. The molecule has 0 aromatic carbocycles. The SMILES string of the molecule is NCCC(=O)N1CC[CH]CC1. The molecule has 11 heavy (non-hydrogen) atoms. The van der Waals surface area contributed by atoms with E-state index in [1.54, 1.807) is 0 Å². The third-order valence-electron chi connectivity index (χ3n) is 1.92. The molecule has 3 heteroatoms. The molecule has 0 atom stereocenters. The average molecular weight is 155 g/mol. The van der Waals surface area contributed by atoms with Crippen LogP contribution in [0.3, 0.4) is 0 Å². The van der Waals surface area contributed by atoms with Gasteiger partial charge in [0.15, 0.2) is 0 Å². The van der Waals surface area contributed by atoms with Crippen molar-refractivity contribution in [2.45, 2.75) is 19.3 Å². The van der Waals surface area contributed by atoms with Crippen LogP contribution in [0.1, 0.15) is 19.3 Å². The minimum absolute atomic E-state index is 0.209. The predicted octanol–water partition coefficient (Wildman–Crippen LogP) is 0.162. The smallest absolute Gasteiger partial charge is 0.223 e. The van der Waals surface area contributed by atoms with Crippen LogP contribution in [-0.4, -0.2) is 30.4 Å². The van der Waals surface area contributed by atoms with Gasteiger partial charge in [0.2, 0.25) is 5.91 Å². The lowest BCUT2D eigenvalue weighted by atomic mass is 10.1. The number of rotatable bonds is 2. The Bertz CT molecular complexity index is 130. The fraction of sp³-hybridized carbons (Fsp3) is 0.750. The molecule has 0 aliphatic carbocycles. The van der Waals surface area contributed by atoms with Crippen molar-refractivity contribution < 1.29 is 4.79 Å². The van der Waals surface area contributed by atoms with Crippen LogP contribution in [0.5, 0.6) is 0 Å². The number of likely N-dealkylation sites (tertiary alicyclic amines) is 1. The molecule has 1 saturated heterocycles. The highest BCUT2D eigenvalue weighted by molar-refractivity contribution is 5.76. The topological polar surface area (TPSA) is 46.3 Å². The van der Waals surface area contributed by atoms with Crippen LogP contribution >= 0.6 is 0 Å². The zero-order valence-electron chi connectivity index (χ0n) is 6.75. The summed E-state index contributed by atoms with van der Waals surface area (Å²) in [5.41, 5.74) is 5.28. The van der Waals surface area contributed by atoms with Crippen LogP contribution < -0.4 is 5.73 Å². The molecule has 0 aromatic rings. The van der Waals surface area contributed by atoms with E-state index >= 15 is 0 Å². The fourth-order valence-electron chi connectivity index (χ4n) is 1.28. The Hall–Kier alpha value is -0.570. The number of hydrogen-bond acceptors (Lipinski definition) is 2. The van der Waals surface area contributed by atoms with Gasteiger partial charge in [0.1, 0.15) is 0 Å². The lowest BCUT2D eigenvalue weighted by Crippen LogP contribution is -2.36. The van der Waals surface area contributed by atoms with Crippen molar-refractivity contribution in [2.75, 3.05) is 19.6 Å². The predicted molar refractivity (Wildman–Crippen MR) is 43.8 cm³/mol. The van der Waals surface area contributed by atoms with E-state index in [-0.39, 0.29) is 5.91 Å². The number of nitrogens with two attached hydrogens (primary N) is 1. The Labute approximate surface area is 67.5 Å². The van der Waals surface area contributed by atoms with E-state index in [4.69, 9.17) is 5.73 Å². The van der Waals surface area contributed by atoms with Gasteiger partial charge in [-0.2, -0.15) is 0 Å². The van der Waals surface area contributed by atoms with Crippen molar-refractivity contribution in [1.29, 1.82) is 0 Å². The van der Waals surface area contributed by atoms with Crippen LogP contribution in [-0.2, 0) is 4.79 Å². The molecule has 63 valence electrons. The zero-order chi connectivity index (χ0) is 8.10. The second-order valence-electron chi connectivity index (χ2n) is 2.79. The molecule has 0 aromatic heterocycles. The molecule has 1 aliphatic heterocycles. The first kappa shape index (κ1) is 8.53. The molecule has 1 rings (SSSR count). The van der Waals surface area contributed by atoms with Gasteiger partial charge in [0.25, 0.3) is 0 Å². The van der Waals surface area contributed by atoms with Crippen LogP contribution in [0.15, 0.2) is 0 Å². The minimum atomic E-state index is 0.209. The van der Waals surface area contributed by atoms with Crippen LogP contribution in [0.2, 0.25) is 0 Å². The van der Waals surface area contributed by atoms with E-state index in [2.05, 4.69) is 6.42 Å². The molecule has 0 unspecified atom stereocenters. The molecular weight excluding hydrogens is 140 g/mol. The Morgan fingerprint density at radius 3 is 2.64 bits per heavy atom. The summed E-state index contributed by atoms with van der Waals surface area (Å²) in [7, 11) is 0. The molecule has 1 radical (unpaired) electrons. The molecule has 1 aliphatic rings. The van der Waals surface area contributed by atoms with E-state index in [0.29, 0.717) is 13.0 Å². The van der Waals surface area contributed by atoms with Crippen molar-refractivity contribution in [3.63, 3.8) is 0 Å². The first-order chi connectivity index (χ1) is 5.34. The standard InChI is InChI=1S/C8H15N2O/c9-5-4-8(11)10-6-2-1-3-7-10/h1H,2-7,9H2. The van der Waals surface area contributed by atoms with Crippen molar-refractivity contribution in [1.82, 2.24) is 4.90 Å². The highest BCUT2D eigenvalue weighted by atomic mass is 16.2. The molecule has 0 saturated carbocycles. The van der Waals surface area contributed by atoms with Gasteiger partial charge < -0.3 is 10.6 Å². The molecule has 0 bridgehead atoms. The van der Waals surface area contributed by atoms with Gasteiger partial charge >= 0.3 is 0 Å². The van der Waals surface area contributed by atoms with Crippen LogP contribution in [0, 0.1) is 6.42 Å². The van der Waals surface area contributed by atoms with Gasteiger partial charge in [-0.05, 0) is 19.3 Å². The lowest BCUT2D eigenvalue weighted by molar-refractivity contribution is -0.131. The highest BCUT2D eigenvalue weighted by Gasteiger charge is 2.14. The molecule has 1 heterocycles. The second kappa shape index (κ2) is 4.34. The average Bonchev–Trinajstić information content (AvgIpc) is 2.07. The third kappa shape index (κ3) is 2.50. The van der Waals surface area contributed by atoms with Crippen molar-refractivity contribution in [3.8, 4) is 0 Å². The van der Waals surface area contributed by atoms with E-state index in [9.17, 15) is 4.79 Å². The maximum Gasteiger partial charge on any atom is 0.223 e. The summed E-state index contributed by atoms with van der Waals surface area (Å²) in [5, 5.41) is 0. The van der Waals surface area contributed by atoms with E-state index < -0.39 is 0 Å². The maximum absolute atomic E-state index is 11.2. The number of hydrogen-bond donors (Lipinski definition) is 1. The van der Waals surface area contributed by atoms with Crippen LogP contribution in [0.25, 0.3) is 0 Å². The second-order valence-corrected chi connectivity index (χ2v) is 2.79. The van der Waals surface area contributed by atoms with Gasteiger partial charge in [-0.15, -0.1) is 0 Å². The molecule has 3 nitrogen and oxygen atoms in total. The Balaban J connectivity index is 2.27. The number of carbonyl (C=O) groups is 1. The van der Waals surface area contributed by atoms with E-state index in [0.717, 1.165) is 25.9 Å². The summed E-state index contributed by atoms with van der Waals surface area (Å²) in [4.78, 5) is 13.1. The quantitative estimate of drug-likeness (QED) is 0.617. The molecule has 2 N–H and O–H groups in total. The first-order valence-electron chi connectivity index (χ1n) is 4.14. The summed E-state index contributed by atoms with van der Waals surface area (Å²) >= 11 is 0. The number of carbonyl (C=O) groups excluding carboxylic acids is 1. The third-order valence-corrected chi connectivity index (χ3v) is 1.92. The number of nitrogens with zero attached hydrogens (tertiary/aromatic N) is 1. The van der Waals surface area contributed by atoms with Crippen LogP contribution in [0.4, 0.5) is 0 Å². The van der Waals surface area contributed by atoms with Crippen molar-refractivity contribution in [3.05, 3.63) is 6.42 Å². The molecule has 1 fully saturated rings. The monoisotopic (exact) mass is 155 g/mol. The summed E-state index contributed by atoms with van der Waals surface area (Å²) in [6.45, 7) is 2.25. The number of piperidine rings is 1. The van der Waals surface area contributed by atoms with Gasteiger partial charge in [-0.25, -0.2) is 0 Å². The molecule has 0 spiro atoms. The van der Waals surface area contributed by atoms with Gasteiger partial charge in [0.05, 0.1) is 0 Å². The Kier molecular flexibility index (Phi) is 3.36. The summed E-state index contributed by atoms with van der Waals surface area (Å²) < 4.78 is 0. The summed E-state index contributed by atoms with van der Waals surface area (Å²) in [6, 6.07) is 0. The highest BCUT2D eigenvalue weighted by Crippen LogP contribution is 2.08. The Morgan fingerprint density at radius 2 is 2.09 bits per heavy atom. The fourth-order valence-corrected chi connectivity index (χ4v) is 1.28. The Morgan fingerprint density at radius 1 is 1.45 bits per heavy atom. The summed E-state index contributed by atoms with van der Waals surface area (Å²) in [6.07, 6.45) is 4.80. The van der Waals surface area contributed by atoms with E-state index in [1.165, 1.54) is 0 Å². The first-order valence-corrected chi connectivity index (χ1v) is 4.14. The van der Waals surface area contributed by atoms with E-state index in [1.807, 2.05) is 4.90 Å². The van der Waals surface area contributed by atoms with Gasteiger partial charge in [-0.1, -0.05) is 0 Å². The van der Waals surface area contributed by atoms with Gasteiger partial charge in [0, 0.05) is 26.1 Å². The molecular formula is C8H15N2O. The zero-order valence-corrected chi connectivity index (χ0v) is 6.75. The van der Waals surface area contributed by atoms with Crippen molar-refractivity contribution >= 4 is 5.91 Å².